The number of para-hydroxylation sites is 1. The zero-order valence-corrected chi connectivity index (χ0v) is 13.8. The third-order valence-corrected chi connectivity index (χ3v) is 5.60. The zero-order chi connectivity index (χ0) is 17.0. The quantitative estimate of drug-likeness (QED) is 0.756. The van der Waals surface area contributed by atoms with E-state index in [1.807, 2.05) is 17.0 Å². The molecule has 1 aliphatic heterocycles. The third kappa shape index (κ3) is 2.44. The number of amides is 1. The Morgan fingerprint density at radius 2 is 1.92 bits per heavy atom. The van der Waals surface area contributed by atoms with E-state index in [0.717, 1.165) is 30.5 Å². The van der Waals surface area contributed by atoms with E-state index in [1.165, 1.54) is 28.8 Å². The van der Waals surface area contributed by atoms with Crippen molar-refractivity contribution in [1.82, 2.24) is 9.88 Å². The predicted molar refractivity (Wildman–Crippen MR) is 94.7 cm³/mol. The Morgan fingerprint density at radius 3 is 2.76 bits per heavy atom. The largest absolute Gasteiger partial charge is 0.358 e. The van der Waals surface area contributed by atoms with Gasteiger partial charge in [-0.1, -0.05) is 30.3 Å². The van der Waals surface area contributed by atoms with Crippen LogP contribution in [0, 0.1) is 11.7 Å². The van der Waals surface area contributed by atoms with Gasteiger partial charge in [0.1, 0.15) is 5.82 Å². The van der Waals surface area contributed by atoms with Crippen LogP contribution in [0.15, 0.2) is 48.5 Å². The molecule has 1 amide bonds. The van der Waals surface area contributed by atoms with E-state index >= 15 is 0 Å². The van der Waals surface area contributed by atoms with Gasteiger partial charge in [0.05, 0.1) is 0 Å². The van der Waals surface area contributed by atoms with E-state index in [0.29, 0.717) is 6.54 Å². The number of hydrogen-bond acceptors (Lipinski definition) is 1. The topological polar surface area (TPSA) is 36.1 Å². The molecule has 1 aromatic heterocycles. The van der Waals surface area contributed by atoms with Gasteiger partial charge in [-0.05, 0) is 36.1 Å². The summed E-state index contributed by atoms with van der Waals surface area (Å²) in [7, 11) is 0. The maximum atomic E-state index is 13.1. The summed E-state index contributed by atoms with van der Waals surface area (Å²) in [6.45, 7) is 1.45. The van der Waals surface area contributed by atoms with Crippen molar-refractivity contribution in [2.24, 2.45) is 5.92 Å². The van der Waals surface area contributed by atoms with Crippen LogP contribution in [0.25, 0.3) is 10.9 Å². The Balaban J connectivity index is 1.35. The van der Waals surface area contributed by atoms with Crippen molar-refractivity contribution in [3.05, 3.63) is 71.2 Å². The number of halogens is 1. The number of carbonyl (C=O) groups excluding carboxylic acids is 1. The summed E-state index contributed by atoms with van der Waals surface area (Å²) >= 11 is 0. The van der Waals surface area contributed by atoms with E-state index in [9.17, 15) is 9.18 Å². The van der Waals surface area contributed by atoms with Crippen LogP contribution in [0.5, 0.6) is 0 Å². The van der Waals surface area contributed by atoms with Crippen LogP contribution in [0.2, 0.25) is 0 Å². The highest BCUT2D eigenvalue weighted by atomic mass is 19.1. The maximum Gasteiger partial charge on any atom is 0.226 e. The lowest BCUT2D eigenvalue weighted by Crippen LogP contribution is -2.37. The minimum Gasteiger partial charge on any atom is -0.358 e. The monoisotopic (exact) mass is 334 g/mol. The van der Waals surface area contributed by atoms with Crippen molar-refractivity contribution >= 4 is 16.8 Å². The smallest absolute Gasteiger partial charge is 0.226 e. The number of nitrogens with zero attached hydrogens (tertiary/aromatic N) is 1. The second-order valence-electron chi connectivity index (χ2n) is 7.14. The molecule has 0 spiro atoms. The van der Waals surface area contributed by atoms with Crippen molar-refractivity contribution in [2.45, 2.75) is 25.3 Å². The molecule has 0 radical (unpaired) electrons. The van der Waals surface area contributed by atoms with Crippen LogP contribution in [0.1, 0.15) is 29.2 Å². The zero-order valence-electron chi connectivity index (χ0n) is 13.8. The SMILES string of the molecule is O=C([C@@H]1C[C@@H]1c1ccc(F)cc1)N1CCc2[nH]c3ccccc3c2C1. The molecule has 3 aromatic rings. The lowest BCUT2D eigenvalue weighted by atomic mass is 10.0. The summed E-state index contributed by atoms with van der Waals surface area (Å²) in [5.74, 6) is 0.315. The van der Waals surface area contributed by atoms with Gasteiger partial charge in [-0.3, -0.25) is 4.79 Å². The molecule has 2 heterocycles. The number of fused-ring (bicyclic) bond motifs is 3. The van der Waals surface area contributed by atoms with Gasteiger partial charge in [0.25, 0.3) is 0 Å². The Bertz CT molecular complexity index is 960. The van der Waals surface area contributed by atoms with E-state index in [1.54, 1.807) is 12.1 Å². The molecule has 2 aromatic carbocycles. The summed E-state index contributed by atoms with van der Waals surface area (Å²) < 4.78 is 13.1. The first-order valence-corrected chi connectivity index (χ1v) is 8.83. The Kier molecular flexibility index (Phi) is 3.20. The number of H-pyrrole nitrogens is 1. The molecule has 0 saturated heterocycles. The van der Waals surface area contributed by atoms with Crippen LogP contribution in [0.4, 0.5) is 4.39 Å². The van der Waals surface area contributed by atoms with E-state index in [2.05, 4.69) is 17.1 Å². The number of benzene rings is 2. The molecular weight excluding hydrogens is 315 g/mol. The highest BCUT2D eigenvalue weighted by Gasteiger charge is 2.46. The van der Waals surface area contributed by atoms with Gasteiger partial charge in [0.15, 0.2) is 0 Å². The molecule has 3 nitrogen and oxygen atoms in total. The molecule has 1 aliphatic carbocycles. The summed E-state index contributed by atoms with van der Waals surface area (Å²) in [5, 5.41) is 1.22. The number of rotatable bonds is 2. The van der Waals surface area contributed by atoms with Gasteiger partial charge in [0, 0.05) is 47.6 Å². The van der Waals surface area contributed by atoms with Gasteiger partial charge in [-0.2, -0.15) is 0 Å². The summed E-state index contributed by atoms with van der Waals surface area (Å²) in [4.78, 5) is 18.4. The average Bonchev–Trinajstić information content (AvgIpc) is 3.35. The first-order chi connectivity index (χ1) is 12.2. The van der Waals surface area contributed by atoms with Crippen LogP contribution < -0.4 is 0 Å². The minimum atomic E-state index is -0.227. The number of hydrogen-bond donors (Lipinski definition) is 1. The number of aromatic amines is 1. The van der Waals surface area contributed by atoms with Gasteiger partial charge >= 0.3 is 0 Å². The van der Waals surface area contributed by atoms with E-state index in [4.69, 9.17) is 0 Å². The highest BCUT2D eigenvalue weighted by Crippen LogP contribution is 2.49. The fraction of sp³-hybridized carbons (Fsp3) is 0.286. The molecule has 25 heavy (non-hydrogen) atoms. The van der Waals surface area contributed by atoms with Crippen LogP contribution in [-0.4, -0.2) is 22.3 Å². The normalized spacial score (nSPS) is 22.0. The second kappa shape index (κ2) is 5.45. The Labute approximate surface area is 145 Å². The average molecular weight is 334 g/mol. The fourth-order valence-corrected chi connectivity index (χ4v) is 4.14. The lowest BCUT2D eigenvalue weighted by Gasteiger charge is -2.27. The van der Waals surface area contributed by atoms with Crippen molar-refractivity contribution in [2.75, 3.05) is 6.54 Å². The molecular formula is C21H19FN2O. The van der Waals surface area contributed by atoms with Gasteiger partial charge in [-0.25, -0.2) is 4.39 Å². The molecule has 2 atom stereocenters. The van der Waals surface area contributed by atoms with Crippen LogP contribution in [0.3, 0.4) is 0 Å². The summed E-state index contributed by atoms with van der Waals surface area (Å²) in [5.41, 5.74) is 4.74. The number of nitrogens with one attached hydrogen (secondary N) is 1. The van der Waals surface area contributed by atoms with Crippen molar-refractivity contribution in [1.29, 1.82) is 0 Å². The van der Waals surface area contributed by atoms with Gasteiger partial charge in [0.2, 0.25) is 5.91 Å². The fourth-order valence-electron chi connectivity index (χ4n) is 4.14. The van der Waals surface area contributed by atoms with Gasteiger partial charge < -0.3 is 9.88 Å². The summed E-state index contributed by atoms with van der Waals surface area (Å²) in [6.07, 6.45) is 1.76. The van der Waals surface area contributed by atoms with Crippen molar-refractivity contribution in [3.8, 4) is 0 Å². The lowest BCUT2D eigenvalue weighted by molar-refractivity contribution is -0.133. The third-order valence-electron chi connectivity index (χ3n) is 5.60. The van der Waals surface area contributed by atoms with Crippen LogP contribution in [-0.2, 0) is 17.8 Å². The molecule has 5 rings (SSSR count). The Morgan fingerprint density at radius 1 is 1.12 bits per heavy atom. The molecule has 1 N–H and O–H groups in total. The van der Waals surface area contributed by atoms with Crippen molar-refractivity contribution in [3.63, 3.8) is 0 Å². The molecule has 2 aliphatic rings. The minimum absolute atomic E-state index is 0.0530. The number of aromatic nitrogens is 1. The second-order valence-corrected chi connectivity index (χ2v) is 7.14. The summed E-state index contributed by atoms with van der Waals surface area (Å²) in [6, 6.07) is 14.9. The Hall–Kier alpha value is -2.62. The predicted octanol–water partition coefficient (Wildman–Crippen LogP) is 4.00. The molecule has 1 fully saturated rings. The molecule has 1 saturated carbocycles. The first kappa shape index (κ1) is 14.7. The van der Waals surface area contributed by atoms with Gasteiger partial charge in [-0.15, -0.1) is 0 Å². The maximum absolute atomic E-state index is 13.1. The molecule has 0 unspecified atom stereocenters. The molecule has 126 valence electrons. The van der Waals surface area contributed by atoms with Crippen LogP contribution >= 0.6 is 0 Å². The standard InChI is InChI=1S/C21H19FN2O/c22-14-7-5-13(6-8-14)16-11-17(16)21(25)24-10-9-20-18(12-24)15-3-1-2-4-19(15)23-20/h1-8,16-17,23H,9-12H2/t16-,17-/m1/s1. The number of carbonyl (C=O) groups is 1. The van der Waals surface area contributed by atoms with Crippen molar-refractivity contribution < 1.29 is 9.18 Å². The molecule has 4 heteroatoms. The highest BCUT2D eigenvalue weighted by molar-refractivity contribution is 5.87. The first-order valence-electron chi connectivity index (χ1n) is 8.83. The van der Waals surface area contributed by atoms with E-state index < -0.39 is 0 Å². The molecule has 0 bridgehead atoms. The van der Waals surface area contributed by atoms with E-state index in [-0.39, 0.29) is 23.6 Å².